The molecular weight excluding hydrogens is 410 g/mol. The molecule has 31 heavy (non-hydrogen) atoms. The van der Waals surface area contributed by atoms with Crippen molar-refractivity contribution in [2.45, 2.75) is 31.6 Å². The number of hydrogen-bond acceptors (Lipinski definition) is 6. The van der Waals surface area contributed by atoms with Crippen LogP contribution in [-0.4, -0.2) is 16.7 Å². The van der Waals surface area contributed by atoms with Crippen molar-refractivity contribution < 1.29 is 14.0 Å². The summed E-state index contributed by atoms with van der Waals surface area (Å²) in [6.45, 7) is 1.89. The number of nitrogens with zero attached hydrogens (tertiary/aromatic N) is 1. The number of aromatic nitrogens is 1. The average Bonchev–Trinajstić information content (AvgIpc) is 3.47. The highest BCUT2D eigenvalue weighted by atomic mass is 32.1. The van der Waals surface area contributed by atoms with E-state index in [2.05, 4.69) is 15.6 Å². The highest BCUT2D eigenvalue weighted by Crippen LogP contribution is 2.46. The standard InChI is InChI=1S/C24H21N3O3S/c1-14-21(24(29)27-20-6-2-3-8-25-20)22(15-7-10-31-13-15)23-17(26-14)11-16(12-18(23)28)19-5-4-9-30-19/h2-10,13,16,22,26H,11-12H2,1H3,(H,25,27,29)/t16-,22-/m0/s1. The van der Waals surface area contributed by atoms with Gasteiger partial charge in [0.05, 0.1) is 6.26 Å². The monoisotopic (exact) mass is 431 g/mol. The second kappa shape index (κ2) is 8.00. The molecule has 156 valence electrons. The fourth-order valence-electron chi connectivity index (χ4n) is 4.46. The molecule has 6 nitrogen and oxygen atoms in total. The van der Waals surface area contributed by atoms with E-state index in [1.54, 1.807) is 35.9 Å². The highest BCUT2D eigenvalue weighted by molar-refractivity contribution is 7.08. The number of carbonyl (C=O) groups excluding carboxylic acids is 2. The third-order valence-corrected chi connectivity index (χ3v) is 6.50. The van der Waals surface area contributed by atoms with Gasteiger partial charge in [0.1, 0.15) is 11.6 Å². The number of ketones is 1. The van der Waals surface area contributed by atoms with Gasteiger partial charge in [-0.05, 0) is 60.0 Å². The van der Waals surface area contributed by atoms with E-state index in [4.69, 9.17) is 4.42 Å². The van der Waals surface area contributed by atoms with Crippen molar-refractivity contribution in [1.82, 2.24) is 10.3 Å². The molecule has 5 rings (SSSR count). The first-order chi connectivity index (χ1) is 15.1. The van der Waals surface area contributed by atoms with Crippen molar-refractivity contribution >= 4 is 28.8 Å². The minimum atomic E-state index is -0.406. The van der Waals surface area contributed by atoms with E-state index in [0.29, 0.717) is 29.8 Å². The Kier molecular flexibility index (Phi) is 5.03. The summed E-state index contributed by atoms with van der Waals surface area (Å²) in [5.74, 6) is 0.665. The second-order valence-corrected chi connectivity index (χ2v) is 8.54. The van der Waals surface area contributed by atoms with Crippen molar-refractivity contribution in [3.63, 3.8) is 0 Å². The summed E-state index contributed by atoms with van der Waals surface area (Å²) in [7, 11) is 0. The molecule has 3 aromatic rings. The number of anilines is 1. The minimum Gasteiger partial charge on any atom is -0.469 e. The summed E-state index contributed by atoms with van der Waals surface area (Å²) in [4.78, 5) is 30.9. The van der Waals surface area contributed by atoms with E-state index in [-0.39, 0.29) is 17.6 Å². The number of nitrogens with one attached hydrogen (secondary N) is 2. The van der Waals surface area contributed by atoms with E-state index in [9.17, 15) is 9.59 Å². The Labute approximate surface area is 183 Å². The van der Waals surface area contributed by atoms with Gasteiger partial charge < -0.3 is 15.1 Å². The predicted molar refractivity (Wildman–Crippen MR) is 118 cm³/mol. The number of hydrogen-bond donors (Lipinski definition) is 2. The fraction of sp³-hybridized carbons (Fsp3) is 0.208. The lowest BCUT2D eigenvalue weighted by Gasteiger charge is -2.36. The molecule has 1 aliphatic heterocycles. The Morgan fingerprint density at radius 1 is 1.23 bits per heavy atom. The summed E-state index contributed by atoms with van der Waals surface area (Å²) in [6.07, 6.45) is 4.30. The van der Waals surface area contributed by atoms with Crippen LogP contribution >= 0.6 is 11.3 Å². The molecule has 0 spiro atoms. The van der Waals surface area contributed by atoms with Crippen LogP contribution in [0.25, 0.3) is 0 Å². The van der Waals surface area contributed by atoms with Crippen molar-refractivity contribution in [3.8, 4) is 0 Å². The van der Waals surface area contributed by atoms with Gasteiger partial charge in [-0.3, -0.25) is 9.59 Å². The summed E-state index contributed by atoms with van der Waals surface area (Å²) < 4.78 is 5.57. The van der Waals surface area contributed by atoms with E-state index >= 15 is 0 Å². The summed E-state index contributed by atoms with van der Waals surface area (Å²) in [5.41, 5.74) is 3.80. The first kappa shape index (κ1) is 19.5. The highest BCUT2D eigenvalue weighted by Gasteiger charge is 2.41. The van der Waals surface area contributed by atoms with Crippen LogP contribution in [0.4, 0.5) is 5.82 Å². The second-order valence-electron chi connectivity index (χ2n) is 7.76. The number of carbonyl (C=O) groups is 2. The van der Waals surface area contributed by atoms with Gasteiger partial charge in [0, 0.05) is 47.0 Å². The van der Waals surface area contributed by atoms with Crippen LogP contribution < -0.4 is 10.6 Å². The van der Waals surface area contributed by atoms with Crippen LogP contribution in [0, 0.1) is 0 Å². The van der Waals surface area contributed by atoms with Gasteiger partial charge in [-0.1, -0.05) is 6.07 Å². The van der Waals surface area contributed by atoms with E-state index in [1.165, 1.54) is 0 Å². The minimum absolute atomic E-state index is 0.00595. The molecule has 2 N–H and O–H groups in total. The summed E-state index contributed by atoms with van der Waals surface area (Å²) >= 11 is 1.56. The van der Waals surface area contributed by atoms with Crippen molar-refractivity contribution in [2.24, 2.45) is 0 Å². The maximum Gasteiger partial charge on any atom is 0.255 e. The number of dihydropyridines is 1. The summed E-state index contributed by atoms with van der Waals surface area (Å²) in [5, 5.41) is 10.2. The van der Waals surface area contributed by atoms with Gasteiger partial charge in [0.15, 0.2) is 5.78 Å². The van der Waals surface area contributed by atoms with Gasteiger partial charge in [-0.15, -0.1) is 0 Å². The van der Waals surface area contributed by atoms with Gasteiger partial charge in [0.25, 0.3) is 5.91 Å². The largest absolute Gasteiger partial charge is 0.469 e. The van der Waals surface area contributed by atoms with Gasteiger partial charge in [0.2, 0.25) is 0 Å². The molecule has 7 heteroatoms. The van der Waals surface area contributed by atoms with Crippen LogP contribution in [0.15, 0.2) is 86.6 Å². The molecule has 0 saturated carbocycles. The lowest BCUT2D eigenvalue weighted by molar-refractivity contribution is -0.116. The number of rotatable bonds is 4. The third kappa shape index (κ3) is 3.61. The van der Waals surface area contributed by atoms with Crippen LogP contribution in [0.1, 0.15) is 42.9 Å². The molecule has 0 fully saturated rings. The Balaban J connectivity index is 1.54. The molecule has 0 radical (unpaired) electrons. The smallest absolute Gasteiger partial charge is 0.255 e. The number of Topliss-reactive ketones (excluding diaryl/α,β-unsaturated/α-hetero) is 1. The lowest BCUT2D eigenvalue weighted by atomic mass is 9.73. The number of allylic oxidation sites excluding steroid dienone is 3. The van der Waals surface area contributed by atoms with Crippen molar-refractivity contribution in [1.29, 1.82) is 0 Å². The molecule has 4 heterocycles. The normalized spacial score (nSPS) is 21.0. The quantitative estimate of drug-likeness (QED) is 0.624. The Morgan fingerprint density at radius 2 is 2.13 bits per heavy atom. The van der Waals surface area contributed by atoms with E-state index < -0.39 is 5.92 Å². The van der Waals surface area contributed by atoms with Crippen LogP contribution in [-0.2, 0) is 9.59 Å². The molecule has 1 aliphatic carbocycles. The van der Waals surface area contributed by atoms with Gasteiger partial charge in [-0.25, -0.2) is 4.98 Å². The Morgan fingerprint density at radius 3 is 2.84 bits per heavy atom. The summed E-state index contributed by atoms with van der Waals surface area (Å²) in [6, 6.07) is 11.1. The van der Waals surface area contributed by atoms with Crippen LogP contribution in [0.5, 0.6) is 0 Å². The zero-order valence-electron chi connectivity index (χ0n) is 16.9. The topological polar surface area (TPSA) is 84.2 Å². The van der Waals surface area contributed by atoms with Crippen LogP contribution in [0.2, 0.25) is 0 Å². The zero-order valence-corrected chi connectivity index (χ0v) is 17.7. The maximum atomic E-state index is 13.4. The molecule has 2 aliphatic rings. The molecule has 0 unspecified atom stereocenters. The Hall–Kier alpha value is -3.45. The number of furan rings is 1. The van der Waals surface area contributed by atoms with Crippen molar-refractivity contribution in [3.05, 3.63) is 93.5 Å². The average molecular weight is 432 g/mol. The third-order valence-electron chi connectivity index (χ3n) is 5.80. The number of thiophene rings is 1. The first-order valence-corrected chi connectivity index (χ1v) is 11.1. The molecule has 3 aromatic heterocycles. The van der Waals surface area contributed by atoms with E-state index in [1.807, 2.05) is 41.9 Å². The molecule has 0 bridgehead atoms. The maximum absolute atomic E-state index is 13.4. The first-order valence-electron chi connectivity index (χ1n) is 10.1. The molecule has 0 aromatic carbocycles. The van der Waals surface area contributed by atoms with E-state index in [0.717, 1.165) is 22.7 Å². The predicted octanol–water partition coefficient (Wildman–Crippen LogP) is 4.74. The molecule has 0 saturated heterocycles. The Bertz CT molecular complexity index is 1180. The van der Waals surface area contributed by atoms with Crippen molar-refractivity contribution in [2.75, 3.05) is 5.32 Å². The SMILES string of the molecule is CC1=C(C(=O)Nc2ccccn2)[C@H](c2ccsc2)C2=C(C[C@H](c3ccco3)CC2=O)N1. The fourth-order valence-corrected chi connectivity index (χ4v) is 5.14. The lowest BCUT2D eigenvalue weighted by Crippen LogP contribution is -2.37. The van der Waals surface area contributed by atoms with Gasteiger partial charge in [-0.2, -0.15) is 11.3 Å². The molecular formula is C24H21N3O3S. The zero-order chi connectivity index (χ0) is 21.4. The van der Waals surface area contributed by atoms with Gasteiger partial charge >= 0.3 is 0 Å². The van der Waals surface area contributed by atoms with Crippen LogP contribution in [0.3, 0.4) is 0 Å². The molecule has 2 atom stereocenters. The number of pyridine rings is 1. The molecule has 1 amide bonds. The number of amides is 1.